The average molecular weight is 228 g/mol. The van der Waals surface area contributed by atoms with E-state index in [-0.39, 0.29) is 17.5 Å². The van der Waals surface area contributed by atoms with E-state index in [4.69, 9.17) is 5.73 Å². The van der Waals surface area contributed by atoms with Gasteiger partial charge in [-0.1, -0.05) is 34.6 Å². The first-order valence-electron chi connectivity index (χ1n) is 6.48. The highest BCUT2D eigenvalue weighted by molar-refractivity contribution is 5.82. The molecule has 0 fully saturated rings. The van der Waals surface area contributed by atoms with Gasteiger partial charge in [0.25, 0.3) is 0 Å². The van der Waals surface area contributed by atoms with Crippen molar-refractivity contribution in [1.82, 2.24) is 5.32 Å². The Labute approximate surface area is 100 Å². The minimum atomic E-state index is -0.371. The lowest BCUT2D eigenvalue weighted by atomic mass is 9.89. The molecule has 0 saturated carbocycles. The molecule has 0 radical (unpaired) electrons. The molecule has 1 unspecified atom stereocenters. The van der Waals surface area contributed by atoms with E-state index in [1.54, 1.807) is 0 Å². The third kappa shape index (κ3) is 4.52. The van der Waals surface area contributed by atoms with Crippen LogP contribution >= 0.6 is 0 Å². The fourth-order valence-electron chi connectivity index (χ4n) is 1.98. The molecule has 0 spiro atoms. The van der Waals surface area contributed by atoms with Gasteiger partial charge >= 0.3 is 0 Å². The van der Waals surface area contributed by atoms with Crippen LogP contribution in [0.4, 0.5) is 0 Å². The molecule has 0 aromatic heterocycles. The Kier molecular flexibility index (Phi) is 6.65. The summed E-state index contributed by atoms with van der Waals surface area (Å²) in [6.07, 6.45) is 3.62. The lowest BCUT2D eigenvalue weighted by Crippen LogP contribution is -2.53. The van der Waals surface area contributed by atoms with Crippen LogP contribution in [0.1, 0.15) is 60.3 Å². The molecule has 1 amide bonds. The SMILES string of the molecule is CCC(CC)(CC)NC(=O)C(N)CC(C)C. The predicted octanol–water partition coefficient (Wildman–Crippen LogP) is 2.44. The summed E-state index contributed by atoms with van der Waals surface area (Å²) in [5.74, 6) is 0.458. The largest absolute Gasteiger partial charge is 0.349 e. The summed E-state index contributed by atoms with van der Waals surface area (Å²) >= 11 is 0. The standard InChI is InChI=1S/C13H28N2O/c1-6-13(7-2,8-3)15-12(16)11(14)9-10(4)5/h10-11H,6-9,14H2,1-5H3,(H,15,16). The molecule has 16 heavy (non-hydrogen) atoms. The van der Waals surface area contributed by atoms with E-state index in [1.807, 2.05) is 0 Å². The highest BCUT2D eigenvalue weighted by atomic mass is 16.2. The minimum Gasteiger partial charge on any atom is -0.349 e. The number of rotatable bonds is 7. The normalized spacial score (nSPS) is 13.9. The first-order valence-corrected chi connectivity index (χ1v) is 6.48. The van der Waals surface area contributed by atoms with Crippen molar-refractivity contribution < 1.29 is 4.79 Å². The Balaban J connectivity index is 4.40. The van der Waals surface area contributed by atoms with Crippen molar-refractivity contribution in [3.05, 3.63) is 0 Å². The van der Waals surface area contributed by atoms with Crippen LogP contribution in [0.25, 0.3) is 0 Å². The second-order valence-electron chi connectivity index (χ2n) is 5.07. The second kappa shape index (κ2) is 6.89. The van der Waals surface area contributed by atoms with E-state index < -0.39 is 0 Å². The number of carbonyl (C=O) groups excluding carboxylic acids is 1. The van der Waals surface area contributed by atoms with Crippen LogP contribution in [0.15, 0.2) is 0 Å². The molecule has 3 nitrogen and oxygen atoms in total. The lowest BCUT2D eigenvalue weighted by molar-refractivity contribution is -0.124. The zero-order valence-electron chi connectivity index (χ0n) is 11.5. The van der Waals surface area contributed by atoms with Crippen LogP contribution < -0.4 is 11.1 Å². The molecule has 0 aromatic carbocycles. The van der Waals surface area contributed by atoms with Crippen LogP contribution in [-0.4, -0.2) is 17.5 Å². The predicted molar refractivity (Wildman–Crippen MR) is 69.2 cm³/mol. The van der Waals surface area contributed by atoms with E-state index in [1.165, 1.54) is 0 Å². The van der Waals surface area contributed by atoms with Gasteiger partial charge in [0.1, 0.15) is 0 Å². The molecule has 96 valence electrons. The van der Waals surface area contributed by atoms with Gasteiger partial charge in [-0.05, 0) is 31.6 Å². The molecule has 1 atom stereocenters. The molecule has 0 aliphatic rings. The average Bonchev–Trinajstić information content (AvgIpc) is 2.25. The summed E-state index contributed by atoms with van der Waals surface area (Å²) in [7, 11) is 0. The number of nitrogens with one attached hydrogen (secondary N) is 1. The molecule has 0 aromatic rings. The summed E-state index contributed by atoms with van der Waals surface area (Å²) in [6, 6.07) is -0.371. The van der Waals surface area contributed by atoms with Crippen LogP contribution in [0.2, 0.25) is 0 Å². The van der Waals surface area contributed by atoms with E-state index in [9.17, 15) is 4.79 Å². The van der Waals surface area contributed by atoms with Crippen LogP contribution in [0, 0.1) is 5.92 Å². The Bertz CT molecular complexity index is 202. The molecule has 3 heteroatoms. The molecular weight excluding hydrogens is 200 g/mol. The molecule has 0 bridgehead atoms. The second-order valence-corrected chi connectivity index (χ2v) is 5.07. The Morgan fingerprint density at radius 2 is 1.62 bits per heavy atom. The zero-order chi connectivity index (χ0) is 12.8. The van der Waals surface area contributed by atoms with Crippen LogP contribution in [-0.2, 0) is 4.79 Å². The summed E-state index contributed by atoms with van der Waals surface area (Å²) in [5.41, 5.74) is 5.81. The molecule has 0 saturated heterocycles. The summed E-state index contributed by atoms with van der Waals surface area (Å²) in [4.78, 5) is 11.9. The van der Waals surface area contributed by atoms with Gasteiger partial charge in [-0.2, -0.15) is 0 Å². The quantitative estimate of drug-likeness (QED) is 0.703. The first-order chi connectivity index (χ1) is 7.40. The van der Waals surface area contributed by atoms with Crippen molar-refractivity contribution in [3.8, 4) is 0 Å². The number of amides is 1. The third-order valence-electron chi connectivity index (χ3n) is 3.48. The van der Waals surface area contributed by atoms with Gasteiger partial charge in [0, 0.05) is 5.54 Å². The van der Waals surface area contributed by atoms with Gasteiger partial charge in [0.15, 0.2) is 0 Å². The van der Waals surface area contributed by atoms with Crippen molar-refractivity contribution in [3.63, 3.8) is 0 Å². The Morgan fingerprint density at radius 3 is 1.94 bits per heavy atom. The van der Waals surface area contributed by atoms with Crippen LogP contribution in [0.3, 0.4) is 0 Å². The van der Waals surface area contributed by atoms with Crippen molar-refractivity contribution in [2.75, 3.05) is 0 Å². The van der Waals surface area contributed by atoms with Crippen LogP contribution in [0.5, 0.6) is 0 Å². The molecule has 0 rings (SSSR count). The maximum atomic E-state index is 11.9. The molecular formula is C13H28N2O. The van der Waals surface area contributed by atoms with Crippen molar-refractivity contribution >= 4 is 5.91 Å². The fourth-order valence-corrected chi connectivity index (χ4v) is 1.98. The van der Waals surface area contributed by atoms with Gasteiger partial charge in [0.05, 0.1) is 6.04 Å². The lowest BCUT2D eigenvalue weighted by Gasteiger charge is -2.33. The maximum absolute atomic E-state index is 11.9. The Morgan fingerprint density at radius 1 is 1.19 bits per heavy atom. The highest BCUT2D eigenvalue weighted by Gasteiger charge is 2.28. The third-order valence-corrected chi connectivity index (χ3v) is 3.48. The van der Waals surface area contributed by atoms with Crippen molar-refractivity contribution in [2.24, 2.45) is 11.7 Å². The van der Waals surface area contributed by atoms with Gasteiger partial charge in [0.2, 0.25) is 5.91 Å². The Hall–Kier alpha value is -0.570. The van der Waals surface area contributed by atoms with E-state index in [0.717, 1.165) is 25.7 Å². The zero-order valence-corrected chi connectivity index (χ0v) is 11.5. The van der Waals surface area contributed by atoms with Crippen molar-refractivity contribution in [2.45, 2.75) is 71.9 Å². The number of hydrogen-bond donors (Lipinski definition) is 2. The van der Waals surface area contributed by atoms with Gasteiger partial charge in [-0.3, -0.25) is 4.79 Å². The molecule has 0 aliphatic heterocycles. The number of nitrogens with two attached hydrogens (primary N) is 1. The van der Waals surface area contributed by atoms with Gasteiger partial charge in [-0.25, -0.2) is 0 Å². The maximum Gasteiger partial charge on any atom is 0.237 e. The molecule has 0 aliphatic carbocycles. The van der Waals surface area contributed by atoms with E-state index in [0.29, 0.717) is 5.92 Å². The topological polar surface area (TPSA) is 55.1 Å². The molecule has 0 heterocycles. The number of hydrogen-bond acceptors (Lipinski definition) is 2. The van der Waals surface area contributed by atoms with Crippen molar-refractivity contribution in [1.29, 1.82) is 0 Å². The fraction of sp³-hybridized carbons (Fsp3) is 0.923. The summed E-state index contributed by atoms with van der Waals surface area (Å²) in [5, 5.41) is 3.12. The monoisotopic (exact) mass is 228 g/mol. The van der Waals surface area contributed by atoms with E-state index in [2.05, 4.69) is 39.9 Å². The number of carbonyl (C=O) groups is 1. The summed E-state index contributed by atoms with van der Waals surface area (Å²) < 4.78 is 0. The van der Waals surface area contributed by atoms with E-state index >= 15 is 0 Å². The summed E-state index contributed by atoms with van der Waals surface area (Å²) in [6.45, 7) is 10.5. The van der Waals surface area contributed by atoms with Gasteiger partial charge < -0.3 is 11.1 Å². The van der Waals surface area contributed by atoms with Gasteiger partial charge in [-0.15, -0.1) is 0 Å². The smallest absolute Gasteiger partial charge is 0.237 e. The molecule has 3 N–H and O–H groups in total. The first kappa shape index (κ1) is 15.4. The highest BCUT2D eigenvalue weighted by Crippen LogP contribution is 2.19. The minimum absolute atomic E-state index is 0.000694.